The minimum absolute atomic E-state index is 0.0892. The second-order valence-electron chi connectivity index (χ2n) is 8.15. The van der Waals surface area contributed by atoms with Gasteiger partial charge in [-0.2, -0.15) is 0 Å². The Morgan fingerprint density at radius 1 is 1.13 bits per heavy atom. The maximum Gasteiger partial charge on any atom is 0.255 e. The highest BCUT2D eigenvalue weighted by atomic mass is 19.1. The lowest BCUT2D eigenvalue weighted by atomic mass is 9.97. The summed E-state index contributed by atoms with van der Waals surface area (Å²) in [4.78, 5) is 27.1. The summed E-state index contributed by atoms with van der Waals surface area (Å²) in [5, 5.41) is 15.6. The lowest BCUT2D eigenvalue weighted by Gasteiger charge is -2.35. The van der Waals surface area contributed by atoms with Crippen molar-refractivity contribution in [1.82, 2.24) is 10.2 Å². The van der Waals surface area contributed by atoms with E-state index in [0.29, 0.717) is 24.6 Å². The van der Waals surface area contributed by atoms with E-state index < -0.39 is 23.4 Å². The van der Waals surface area contributed by atoms with Crippen molar-refractivity contribution in [3.8, 4) is 5.75 Å². The van der Waals surface area contributed by atoms with E-state index in [4.69, 9.17) is 0 Å². The number of nitrogens with one attached hydrogen (secondary N) is 2. The van der Waals surface area contributed by atoms with Gasteiger partial charge in [0, 0.05) is 42.5 Å². The molecule has 1 saturated heterocycles. The molecule has 0 radical (unpaired) electrons. The number of piperidine rings is 1. The summed E-state index contributed by atoms with van der Waals surface area (Å²) in [6.45, 7) is 6.83. The van der Waals surface area contributed by atoms with E-state index in [0.717, 1.165) is 38.1 Å². The molecule has 0 aliphatic carbocycles. The van der Waals surface area contributed by atoms with Crippen LogP contribution in [-0.4, -0.2) is 47.5 Å². The Bertz CT molecular complexity index is 945. The van der Waals surface area contributed by atoms with Crippen LogP contribution in [-0.2, 0) is 0 Å². The average Bonchev–Trinajstić information content (AvgIpc) is 2.71. The lowest BCUT2D eigenvalue weighted by Crippen LogP contribution is -2.43. The number of benzene rings is 2. The molecule has 3 rings (SSSR count). The van der Waals surface area contributed by atoms with Gasteiger partial charge in [-0.25, -0.2) is 8.78 Å². The molecule has 0 bridgehead atoms. The number of carbonyl (C=O) groups excluding carboxylic acids is 2. The molecule has 1 aliphatic heterocycles. The fourth-order valence-electron chi connectivity index (χ4n) is 3.75. The van der Waals surface area contributed by atoms with Crippen LogP contribution in [0, 0.1) is 17.6 Å². The molecule has 2 aromatic carbocycles. The number of amides is 2. The molecule has 1 atom stereocenters. The Morgan fingerprint density at radius 3 is 2.48 bits per heavy atom. The van der Waals surface area contributed by atoms with Crippen LogP contribution in [0.25, 0.3) is 0 Å². The molecule has 2 aromatic rings. The number of hydrogen-bond acceptors (Lipinski definition) is 4. The first-order valence-electron chi connectivity index (χ1n) is 10.4. The number of likely N-dealkylation sites (tertiary alicyclic amines) is 1. The molecule has 0 aromatic heterocycles. The molecule has 1 fully saturated rings. The SMILES string of the molecule is CC(C)N1CCCC(CNC(=O)c2ccc(NC(=O)c3cc(F)cc(F)c3)cc2O)C1. The van der Waals surface area contributed by atoms with Gasteiger partial charge in [-0.05, 0) is 63.4 Å². The highest BCUT2D eigenvalue weighted by Gasteiger charge is 2.22. The number of nitrogens with zero attached hydrogens (tertiary/aromatic N) is 1. The van der Waals surface area contributed by atoms with Crippen LogP contribution in [0.15, 0.2) is 36.4 Å². The van der Waals surface area contributed by atoms with E-state index in [1.807, 2.05) is 0 Å². The predicted molar refractivity (Wildman–Crippen MR) is 114 cm³/mol. The Morgan fingerprint density at radius 2 is 1.84 bits per heavy atom. The van der Waals surface area contributed by atoms with Crippen LogP contribution in [0.3, 0.4) is 0 Å². The first kappa shape index (κ1) is 22.7. The molecular formula is C23H27F2N3O3. The highest BCUT2D eigenvalue weighted by molar-refractivity contribution is 6.05. The fourth-order valence-corrected chi connectivity index (χ4v) is 3.75. The van der Waals surface area contributed by atoms with Crippen molar-refractivity contribution in [2.24, 2.45) is 5.92 Å². The largest absolute Gasteiger partial charge is 0.507 e. The van der Waals surface area contributed by atoms with E-state index in [9.17, 15) is 23.5 Å². The first-order chi connectivity index (χ1) is 14.7. The minimum Gasteiger partial charge on any atom is -0.507 e. The van der Waals surface area contributed by atoms with Crippen LogP contribution in [0.1, 0.15) is 47.4 Å². The first-order valence-corrected chi connectivity index (χ1v) is 10.4. The number of rotatable bonds is 6. The molecule has 8 heteroatoms. The van der Waals surface area contributed by atoms with E-state index in [1.165, 1.54) is 18.2 Å². The van der Waals surface area contributed by atoms with Crippen LogP contribution < -0.4 is 10.6 Å². The quantitative estimate of drug-likeness (QED) is 0.650. The average molecular weight is 431 g/mol. The number of hydrogen-bond donors (Lipinski definition) is 3. The molecule has 1 heterocycles. The maximum atomic E-state index is 13.3. The predicted octanol–water partition coefficient (Wildman–Crippen LogP) is 3.77. The number of anilines is 1. The van der Waals surface area contributed by atoms with Crippen molar-refractivity contribution >= 4 is 17.5 Å². The van der Waals surface area contributed by atoms with E-state index in [-0.39, 0.29) is 22.6 Å². The van der Waals surface area contributed by atoms with Crippen LogP contribution >= 0.6 is 0 Å². The number of halogens is 2. The third kappa shape index (κ3) is 6.01. The molecule has 2 amide bonds. The van der Waals surface area contributed by atoms with Crippen LogP contribution in [0.2, 0.25) is 0 Å². The summed E-state index contributed by atoms with van der Waals surface area (Å²) in [6.07, 6.45) is 2.13. The highest BCUT2D eigenvalue weighted by Crippen LogP contribution is 2.23. The summed E-state index contributed by atoms with van der Waals surface area (Å²) >= 11 is 0. The summed E-state index contributed by atoms with van der Waals surface area (Å²) in [5.41, 5.74) is 0.0941. The smallest absolute Gasteiger partial charge is 0.255 e. The van der Waals surface area contributed by atoms with Gasteiger partial charge in [-0.15, -0.1) is 0 Å². The molecule has 0 spiro atoms. The number of phenols is 1. The van der Waals surface area contributed by atoms with Crippen molar-refractivity contribution in [2.75, 3.05) is 25.0 Å². The van der Waals surface area contributed by atoms with E-state index >= 15 is 0 Å². The monoisotopic (exact) mass is 431 g/mol. The number of carbonyl (C=O) groups is 2. The zero-order valence-corrected chi connectivity index (χ0v) is 17.6. The van der Waals surface area contributed by atoms with Gasteiger partial charge in [0.15, 0.2) is 0 Å². The second kappa shape index (κ2) is 9.87. The molecule has 1 aliphatic rings. The summed E-state index contributed by atoms with van der Waals surface area (Å²) in [5.74, 6) is -2.81. The van der Waals surface area contributed by atoms with Gasteiger partial charge in [0.05, 0.1) is 5.56 Å². The zero-order chi connectivity index (χ0) is 22.5. The Kier molecular flexibility index (Phi) is 7.22. The standard InChI is InChI=1S/C23H27F2N3O3/c1-14(2)28-7-3-4-15(13-28)12-26-23(31)20-6-5-19(11-21(20)29)27-22(30)16-8-17(24)10-18(25)9-16/h5-6,8-11,14-15,29H,3-4,7,12-13H2,1-2H3,(H,26,31)(H,27,30). The van der Waals surface area contributed by atoms with Gasteiger partial charge < -0.3 is 20.6 Å². The van der Waals surface area contributed by atoms with Gasteiger partial charge in [-0.3, -0.25) is 9.59 Å². The topological polar surface area (TPSA) is 81.7 Å². The summed E-state index contributed by atoms with van der Waals surface area (Å²) in [6, 6.07) is 7.02. The maximum absolute atomic E-state index is 13.3. The van der Waals surface area contributed by atoms with Gasteiger partial charge >= 0.3 is 0 Å². The molecular weight excluding hydrogens is 404 g/mol. The second-order valence-corrected chi connectivity index (χ2v) is 8.15. The Hall–Kier alpha value is -3.00. The van der Waals surface area contributed by atoms with Crippen molar-refractivity contribution in [1.29, 1.82) is 0 Å². The van der Waals surface area contributed by atoms with E-state index in [2.05, 4.69) is 29.4 Å². The molecule has 3 N–H and O–H groups in total. The van der Waals surface area contributed by atoms with Gasteiger partial charge in [-0.1, -0.05) is 0 Å². The van der Waals surface area contributed by atoms with Gasteiger partial charge in [0.25, 0.3) is 11.8 Å². The number of phenolic OH excluding ortho intramolecular Hbond substituents is 1. The van der Waals surface area contributed by atoms with Crippen molar-refractivity contribution in [3.05, 3.63) is 59.2 Å². The summed E-state index contributed by atoms with van der Waals surface area (Å²) in [7, 11) is 0. The van der Waals surface area contributed by atoms with Crippen LogP contribution in [0.4, 0.5) is 14.5 Å². The lowest BCUT2D eigenvalue weighted by molar-refractivity contribution is 0.0919. The molecule has 31 heavy (non-hydrogen) atoms. The third-order valence-electron chi connectivity index (χ3n) is 5.46. The van der Waals surface area contributed by atoms with Crippen molar-refractivity contribution < 1.29 is 23.5 Å². The normalized spacial score (nSPS) is 16.9. The van der Waals surface area contributed by atoms with Crippen LogP contribution in [0.5, 0.6) is 5.75 Å². The third-order valence-corrected chi connectivity index (χ3v) is 5.46. The minimum atomic E-state index is -0.866. The zero-order valence-electron chi connectivity index (χ0n) is 17.6. The van der Waals surface area contributed by atoms with Crippen molar-refractivity contribution in [2.45, 2.75) is 32.7 Å². The summed E-state index contributed by atoms with van der Waals surface area (Å²) < 4.78 is 26.6. The molecule has 1 unspecified atom stereocenters. The fraction of sp³-hybridized carbons (Fsp3) is 0.391. The molecule has 0 saturated carbocycles. The Labute approximate surface area is 180 Å². The van der Waals surface area contributed by atoms with E-state index in [1.54, 1.807) is 0 Å². The Balaban J connectivity index is 1.59. The van der Waals surface area contributed by atoms with Gasteiger partial charge in [0.1, 0.15) is 17.4 Å². The molecule has 6 nitrogen and oxygen atoms in total. The number of aromatic hydroxyl groups is 1. The molecule has 166 valence electrons. The van der Waals surface area contributed by atoms with Crippen molar-refractivity contribution in [3.63, 3.8) is 0 Å². The van der Waals surface area contributed by atoms with Gasteiger partial charge in [0.2, 0.25) is 0 Å².